The first-order valence-corrected chi connectivity index (χ1v) is 11.2. The van der Waals surface area contributed by atoms with Crippen LogP contribution in [0, 0.1) is 0 Å². The Labute approximate surface area is 198 Å². The van der Waals surface area contributed by atoms with Gasteiger partial charge in [-0.1, -0.05) is 78.3 Å². The van der Waals surface area contributed by atoms with Crippen molar-refractivity contribution >= 4 is 23.5 Å². The summed E-state index contributed by atoms with van der Waals surface area (Å²) in [5.74, 6) is 0.419. The van der Waals surface area contributed by atoms with Crippen LogP contribution < -0.4 is 10.1 Å². The normalized spacial score (nSPS) is 18.0. The largest absolute Gasteiger partial charge is 0.492 e. The maximum absolute atomic E-state index is 13.7. The summed E-state index contributed by atoms with van der Waals surface area (Å²) in [6, 6.07) is 25.9. The molecule has 1 heterocycles. The summed E-state index contributed by atoms with van der Waals surface area (Å²) >= 11 is 5.99. The minimum Gasteiger partial charge on any atom is -0.492 e. The zero-order valence-corrected chi connectivity index (χ0v) is 19.2. The van der Waals surface area contributed by atoms with Crippen LogP contribution >= 0.6 is 11.6 Å². The minimum atomic E-state index is -1.14. The van der Waals surface area contributed by atoms with Crippen LogP contribution in [0.25, 0.3) is 0 Å². The van der Waals surface area contributed by atoms with Crippen molar-refractivity contribution in [3.05, 3.63) is 101 Å². The fourth-order valence-electron chi connectivity index (χ4n) is 3.99. The van der Waals surface area contributed by atoms with Gasteiger partial charge in [0, 0.05) is 18.0 Å². The van der Waals surface area contributed by atoms with Gasteiger partial charge in [0.15, 0.2) is 5.54 Å². The van der Waals surface area contributed by atoms with Gasteiger partial charge in [-0.2, -0.15) is 0 Å². The quantitative estimate of drug-likeness (QED) is 0.481. The van der Waals surface area contributed by atoms with Crippen molar-refractivity contribution in [2.24, 2.45) is 0 Å². The summed E-state index contributed by atoms with van der Waals surface area (Å²) in [4.78, 5) is 29.8. The number of benzene rings is 3. The molecule has 4 rings (SSSR count). The Hall–Kier alpha value is -3.35. The lowest BCUT2D eigenvalue weighted by Crippen LogP contribution is -2.47. The van der Waals surface area contributed by atoms with Gasteiger partial charge in [0.05, 0.1) is 6.67 Å². The summed E-state index contributed by atoms with van der Waals surface area (Å²) < 4.78 is 5.73. The molecule has 0 aliphatic carbocycles. The topological polar surface area (TPSA) is 61.9 Å². The Balaban J connectivity index is 1.47. The molecule has 1 aliphatic rings. The molecule has 0 aromatic heterocycles. The Morgan fingerprint density at radius 3 is 2.36 bits per heavy atom. The van der Waals surface area contributed by atoms with Gasteiger partial charge < -0.3 is 10.1 Å². The Morgan fingerprint density at radius 1 is 0.970 bits per heavy atom. The third-order valence-corrected chi connectivity index (χ3v) is 5.91. The van der Waals surface area contributed by atoms with E-state index in [2.05, 4.69) is 5.32 Å². The second-order valence-electron chi connectivity index (χ2n) is 8.12. The first kappa shape index (κ1) is 22.8. The van der Waals surface area contributed by atoms with Gasteiger partial charge >= 0.3 is 6.03 Å². The highest BCUT2D eigenvalue weighted by molar-refractivity contribution is 6.30. The van der Waals surface area contributed by atoms with E-state index in [-0.39, 0.29) is 12.6 Å². The molecule has 6 nitrogen and oxygen atoms in total. The molecule has 1 unspecified atom stereocenters. The molecular formula is C26H26ClN3O3. The van der Waals surface area contributed by atoms with E-state index < -0.39 is 11.6 Å². The number of rotatable bonds is 9. The molecule has 1 atom stereocenters. The van der Waals surface area contributed by atoms with Crippen molar-refractivity contribution in [1.29, 1.82) is 0 Å². The van der Waals surface area contributed by atoms with Crippen molar-refractivity contribution in [2.75, 3.05) is 26.9 Å². The maximum Gasteiger partial charge on any atom is 0.326 e. The van der Waals surface area contributed by atoms with Gasteiger partial charge in [-0.3, -0.25) is 9.69 Å². The molecule has 33 heavy (non-hydrogen) atoms. The number of nitrogens with zero attached hydrogens (tertiary/aromatic N) is 2. The highest BCUT2D eigenvalue weighted by Crippen LogP contribution is 2.33. The van der Waals surface area contributed by atoms with Gasteiger partial charge in [-0.25, -0.2) is 9.69 Å². The molecule has 0 radical (unpaired) electrons. The number of urea groups is 1. The number of nitrogens with one attached hydrogen (secondary N) is 1. The standard InChI is InChI=1S/C26H26ClN3O3/c1-29(15-16-33-23-14-8-13-22(27)17-23)19-30-24(31)26(28-25(30)32,21-11-6-3-7-12-21)18-20-9-4-2-5-10-20/h2-14,17H,15-16,18-19H2,1H3,(H,28,32). The SMILES string of the molecule is CN(CCOc1cccc(Cl)c1)CN1C(=O)NC(Cc2ccccc2)(c2ccccc2)C1=O. The minimum absolute atomic E-state index is 0.160. The molecule has 0 bridgehead atoms. The molecule has 1 fully saturated rings. The van der Waals surface area contributed by atoms with E-state index in [9.17, 15) is 9.59 Å². The molecule has 7 heteroatoms. The van der Waals surface area contributed by atoms with E-state index in [0.717, 1.165) is 11.1 Å². The number of ether oxygens (including phenoxy) is 1. The zero-order valence-electron chi connectivity index (χ0n) is 18.4. The summed E-state index contributed by atoms with van der Waals surface area (Å²) in [5.41, 5.74) is 0.597. The maximum atomic E-state index is 13.7. The zero-order chi connectivity index (χ0) is 23.3. The predicted molar refractivity (Wildman–Crippen MR) is 128 cm³/mol. The van der Waals surface area contributed by atoms with Gasteiger partial charge in [0.25, 0.3) is 5.91 Å². The van der Waals surface area contributed by atoms with E-state index in [4.69, 9.17) is 16.3 Å². The van der Waals surface area contributed by atoms with Crippen molar-refractivity contribution < 1.29 is 14.3 Å². The van der Waals surface area contributed by atoms with E-state index >= 15 is 0 Å². The monoisotopic (exact) mass is 463 g/mol. The summed E-state index contributed by atoms with van der Waals surface area (Å²) in [5, 5.41) is 3.60. The smallest absolute Gasteiger partial charge is 0.326 e. The second kappa shape index (κ2) is 10.1. The van der Waals surface area contributed by atoms with E-state index in [1.165, 1.54) is 4.90 Å². The van der Waals surface area contributed by atoms with Crippen LogP contribution in [0.2, 0.25) is 5.02 Å². The Kier molecular flexibility index (Phi) is 6.96. The number of halogens is 1. The van der Waals surface area contributed by atoms with Crippen molar-refractivity contribution in [1.82, 2.24) is 15.1 Å². The predicted octanol–water partition coefficient (Wildman–Crippen LogP) is 4.30. The number of imide groups is 1. The molecule has 0 spiro atoms. The summed E-state index contributed by atoms with van der Waals surface area (Å²) in [6.45, 7) is 1.09. The van der Waals surface area contributed by atoms with E-state index in [1.54, 1.807) is 12.1 Å². The van der Waals surface area contributed by atoms with Crippen LogP contribution in [0.3, 0.4) is 0 Å². The van der Waals surface area contributed by atoms with Gasteiger partial charge in [-0.15, -0.1) is 0 Å². The van der Waals surface area contributed by atoms with Crippen molar-refractivity contribution in [3.63, 3.8) is 0 Å². The van der Waals surface area contributed by atoms with Gasteiger partial charge in [0.2, 0.25) is 0 Å². The van der Waals surface area contributed by atoms with E-state index in [0.29, 0.717) is 30.3 Å². The number of hydrogen-bond donors (Lipinski definition) is 1. The molecule has 1 aliphatic heterocycles. The van der Waals surface area contributed by atoms with Crippen LogP contribution in [0.5, 0.6) is 5.75 Å². The number of hydrogen-bond acceptors (Lipinski definition) is 4. The van der Waals surface area contributed by atoms with Crippen LogP contribution in [-0.2, 0) is 16.8 Å². The third-order valence-electron chi connectivity index (χ3n) is 5.68. The van der Waals surface area contributed by atoms with Crippen LogP contribution in [0.1, 0.15) is 11.1 Å². The lowest BCUT2D eigenvalue weighted by Gasteiger charge is -2.28. The van der Waals surface area contributed by atoms with Gasteiger partial charge in [0.1, 0.15) is 12.4 Å². The number of likely N-dealkylation sites (N-methyl/N-ethyl adjacent to an activating group) is 1. The number of amides is 3. The van der Waals surface area contributed by atoms with Crippen LogP contribution in [-0.4, -0.2) is 48.6 Å². The first-order chi connectivity index (χ1) is 16.0. The highest BCUT2D eigenvalue weighted by Gasteiger charge is 2.52. The van der Waals surface area contributed by atoms with Crippen LogP contribution in [0.4, 0.5) is 4.79 Å². The Bertz CT molecular complexity index is 1110. The number of carbonyl (C=O) groups excluding carboxylic acids is 2. The summed E-state index contributed by atoms with van der Waals surface area (Å²) in [7, 11) is 1.85. The second-order valence-corrected chi connectivity index (χ2v) is 8.56. The average Bonchev–Trinajstić information content (AvgIpc) is 3.05. The summed E-state index contributed by atoms with van der Waals surface area (Å²) in [6.07, 6.45) is 0.376. The van der Waals surface area contributed by atoms with E-state index in [1.807, 2.05) is 84.7 Å². The molecule has 3 amide bonds. The molecule has 3 aromatic rings. The fraction of sp³-hybridized carbons (Fsp3) is 0.231. The van der Waals surface area contributed by atoms with Crippen molar-refractivity contribution in [3.8, 4) is 5.75 Å². The lowest BCUT2D eigenvalue weighted by molar-refractivity contribution is -0.133. The third kappa shape index (κ3) is 5.18. The molecule has 170 valence electrons. The average molecular weight is 464 g/mol. The molecule has 1 N–H and O–H groups in total. The first-order valence-electron chi connectivity index (χ1n) is 10.8. The number of carbonyl (C=O) groups is 2. The molecule has 0 saturated carbocycles. The molecule has 3 aromatic carbocycles. The lowest BCUT2D eigenvalue weighted by atomic mass is 9.83. The highest BCUT2D eigenvalue weighted by atomic mass is 35.5. The molecular weight excluding hydrogens is 438 g/mol. The van der Waals surface area contributed by atoms with Crippen molar-refractivity contribution in [2.45, 2.75) is 12.0 Å². The Morgan fingerprint density at radius 2 is 1.67 bits per heavy atom. The molecule has 1 saturated heterocycles. The fourth-order valence-corrected chi connectivity index (χ4v) is 4.17. The van der Waals surface area contributed by atoms with Gasteiger partial charge in [-0.05, 0) is 36.4 Å². The van der Waals surface area contributed by atoms with Crippen LogP contribution in [0.15, 0.2) is 84.9 Å².